The van der Waals surface area contributed by atoms with Gasteiger partial charge in [0.1, 0.15) is 6.10 Å². The highest BCUT2D eigenvalue weighted by Crippen LogP contribution is 2.12. The minimum Gasteiger partial charge on any atom is -0.385 e. The number of nitrogens with zero attached hydrogens (tertiary/aromatic N) is 2. The van der Waals surface area contributed by atoms with Crippen LogP contribution < -0.4 is 5.73 Å². The lowest BCUT2D eigenvalue weighted by Gasteiger charge is -2.03. The van der Waals surface area contributed by atoms with Gasteiger partial charge < -0.3 is 10.8 Å². The van der Waals surface area contributed by atoms with Gasteiger partial charge in [-0.05, 0) is 12.5 Å². The summed E-state index contributed by atoms with van der Waals surface area (Å²) in [5, 5.41) is 13.4. The van der Waals surface area contributed by atoms with E-state index >= 15 is 0 Å². The summed E-state index contributed by atoms with van der Waals surface area (Å²) in [6.45, 7) is 2.12. The Labute approximate surface area is 65.6 Å². The molecule has 0 bridgehead atoms. The van der Waals surface area contributed by atoms with Gasteiger partial charge in [0.25, 0.3) is 0 Å². The second kappa shape index (κ2) is 3.02. The van der Waals surface area contributed by atoms with Crippen molar-refractivity contribution in [1.29, 1.82) is 0 Å². The van der Waals surface area contributed by atoms with E-state index < -0.39 is 6.10 Å². The Morgan fingerprint density at radius 2 is 2.45 bits per heavy atom. The predicted octanol–water partition coefficient (Wildman–Crippen LogP) is -0.279. The van der Waals surface area contributed by atoms with Crippen LogP contribution in [0.4, 0.5) is 0 Å². The molecular weight excluding hydrogens is 142 g/mol. The molecule has 0 aliphatic rings. The molecule has 0 aliphatic carbocycles. The zero-order valence-electron chi connectivity index (χ0n) is 6.78. The first kappa shape index (κ1) is 8.23. The van der Waals surface area contributed by atoms with Crippen LogP contribution in [0.25, 0.3) is 0 Å². The molecule has 4 nitrogen and oxygen atoms in total. The first-order valence-corrected chi connectivity index (χ1v) is 3.53. The third-order valence-electron chi connectivity index (χ3n) is 1.59. The molecule has 1 aromatic rings. The molecule has 62 valence electrons. The largest absolute Gasteiger partial charge is 0.385 e. The van der Waals surface area contributed by atoms with Crippen molar-refractivity contribution in [2.24, 2.45) is 12.8 Å². The Morgan fingerprint density at radius 3 is 2.82 bits per heavy atom. The second-order valence-electron chi connectivity index (χ2n) is 2.62. The lowest BCUT2D eigenvalue weighted by molar-refractivity contribution is 0.180. The van der Waals surface area contributed by atoms with E-state index in [2.05, 4.69) is 5.10 Å². The molecular formula is C7H13N3O. The molecule has 0 amide bonds. The van der Waals surface area contributed by atoms with Crippen LogP contribution in [0, 0.1) is 6.92 Å². The second-order valence-corrected chi connectivity index (χ2v) is 2.62. The number of aliphatic hydroxyl groups is 1. The molecule has 4 heteroatoms. The monoisotopic (exact) mass is 155 g/mol. The lowest BCUT2D eigenvalue weighted by atomic mass is 10.2. The van der Waals surface area contributed by atoms with E-state index in [-0.39, 0.29) is 6.54 Å². The zero-order chi connectivity index (χ0) is 8.43. The summed E-state index contributed by atoms with van der Waals surface area (Å²) in [5.41, 5.74) is 6.94. The van der Waals surface area contributed by atoms with E-state index in [1.165, 1.54) is 0 Å². The molecule has 0 fully saturated rings. The summed E-state index contributed by atoms with van der Waals surface area (Å²) < 4.78 is 1.67. The van der Waals surface area contributed by atoms with Gasteiger partial charge >= 0.3 is 0 Å². The van der Waals surface area contributed by atoms with Crippen molar-refractivity contribution >= 4 is 0 Å². The standard InChI is InChI=1S/C7H13N3O/c1-5-4-10(2)9-7(5)6(11)3-8/h4,6,11H,3,8H2,1-2H3/t6-/m1/s1. The van der Waals surface area contributed by atoms with E-state index in [9.17, 15) is 5.11 Å². The number of nitrogens with two attached hydrogens (primary N) is 1. The highest BCUT2D eigenvalue weighted by atomic mass is 16.3. The fraction of sp³-hybridized carbons (Fsp3) is 0.571. The zero-order valence-corrected chi connectivity index (χ0v) is 6.78. The average molecular weight is 155 g/mol. The third kappa shape index (κ3) is 1.58. The van der Waals surface area contributed by atoms with Gasteiger partial charge in [-0.2, -0.15) is 5.10 Å². The Morgan fingerprint density at radius 1 is 1.82 bits per heavy atom. The van der Waals surface area contributed by atoms with Crippen molar-refractivity contribution in [3.05, 3.63) is 17.5 Å². The smallest absolute Gasteiger partial charge is 0.110 e. The van der Waals surface area contributed by atoms with E-state index in [4.69, 9.17) is 5.73 Å². The summed E-state index contributed by atoms with van der Waals surface area (Å²) in [6.07, 6.45) is 1.23. The first-order chi connectivity index (χ1) is 5.15. The van der Waals surface area contributed by atoms with Gasteiger partial charge in [-0.1, -0.05) is 0 Å². The van der Waals surface area contributed by atoms with Gasteiger partial charge in [0.15, 0.2) is 0 Å². The number of rotatable bonds is 2. The summed E-state index contributed by atoms with van der Waals surface area (Å²) >= 11 is 0. The number of hydrogen-bond acceptors (Lipinski definition) is 3. The first-order valence-electron chi connectivity index (χ1n) is 3.53. The maximum Gasteiger partial charge on any atom is 0.110 e. The van der Waals surface area contributed by atoms with Gasteiger partial charge in [0.05, 0.1) is 5.69 Å². The molecule has 1 heterocycles. The van der Waals surface area contributed by atoms with Crippen LogP contribution >= 0.6 is 0 Å². The molecule has 0 unspecified atom stereocenters. The van der Waals surface area contributed by atoms with Crippen LogP contribution in [0.2, 0.25) is 0 Å². The van der Waals surface area contributed by atoms with Gasteiger partial charge in [0.2, 0.25) is 0 Å². The number of aryl methyl sites for hydroxylation is 2. The van der Waals surface area contributed by atoms with E-state index in [1.54, 1.807) is 4.68 Å². The number of hydrogen-bond donors (Lipinski definition) is 2. The Kier molecular flexibility index (Phi) is 2.26. The minimum atomic E-state index is -0.629. The molecule has 0 saturated carbocycles. The van der Waals surface area contributed by atoms with Crippen LogP contribution in [0.3, 0.4) is 0 Å². The van der Waals surface area contributed by atoms with Crippen molar-refractivity contribution in [1.82, 2.24) is 9.78 Å². The van der Waals surface area contributed by atoms with Gasteiger partial charge in [-0.15, -0.1) is 0 Å². The van der Waals surface area contributed by atoms with Gasteiger partial charge in [-0.25, -0.2) is 0 Å². The molecule has 11 heavy (non-hydrogen) atoms. The summed E-state index contributed by atoms with van der Waals surface area (Å²) in [4.78, 5) is 0. The SMILES string of the molecule is Cc1cn(C)nc1[C@H](O)CN. The Balaban J connectivity index is 2.93. The number of aliphatic hydroxyl groups excluding tert-OH is 1. The molecule has 0 radical (unpaired) electrons. The maximum absolute atomic E-state index is 9.32. The normalized spacial score (nSPS) is 13.5. The molecule has 1 rings (SSSR count). The van der Waals surface area contributed by atoms with Crippen molar-refractivity contribution in [2.75, 3.05) is 6.54 Å². The third-order valence-corrected chi connectivity index (χ3v) is 1.59. The molecule has 3 N–H and O–H groups in total. The molecule has 1 atom stereocenters. The van der Waals surface area contributed by atoms with Crippen LogP contribution in [-0.4, -0.2) is 21.4 Å². The fourth-order valence-electron chi connectivity index (χ4n) is 1.07. The van der Waals surface area contributed by atoms with Crippen LogP contribution in [0.1, 0.15) is 17.4 Å². The topological polar surface area (TPSA) is 64.1 Å². The van der Waals surface area contributed by atoms with E-state index in [1.807, 2.05) is 20.2 Å². The van der Waals surface area contributed by atoms with Crippen molar-refractivity contribution in [3.63, 3.8) is 0 Å². The molecule has 0 saturated heterocycles. The van der Waals surface area contributed by atoms with E-state index in [0.717, 1.165) is 5.56 Å². The summed E-state index contributed by atoms with van der Waals surface area (Å²) in [7, 11) is 1.82. The van der Waals surface area contributed by atoms with Crippen LogP contribution in [-0.2, 0) is 7.05 Å². The maximum atomic E-state index is 9.32. The Hall–Kier alpha value is -0.870. The van der Waals surface area contributed by atoms with Crippen LogP contribution in [0.15, 0.2) is 6.20 Å². The average Bonchev–Trinajstić information content (AvgIpc) is 2.28. The summed E-state index contributed by atoms with van der Waals surface area (Å²) in [6, 6.07) is 0. The molecule has 0 spiro atoms. The quantitative estimate of drug-likeness (QED) is 0.617. The highest BCUT2D eigenvalue weighted by Gasteiger charge is 2.11. The van der Waals surface area contributed by atoms with E-state index in [0.29, 0.717) is 5.69 Å². The molecule has 0 aliphatic heterocycles. The van der Waals surface area contributed by atoms with Gasteiger partial charge in [-0.3, -0.25) is 4.68 Å². The van der Waals surface area contributed by atoms with Crippen molar-refractivity contribution in [3.8, 4) is 0 Å². The predicted molar refractivity (Wildman–Crippen MR) is 42.0 cm³/mol. The number of aromatic nitrogens is 2. The van der Waals surface area contributed by atoms with Crippen LogP contribution in [0.5, 0.6) is 0 Å². The van der Waals surface area contributed by atoms with Crippen molar-refractivity contribution < 1.29 is 5.11 Å². The van der Waals surface area contributed by atoms with Crippen molar-refractivity contribution in [2.45, 2.75) is 13.0 Å². The Bertz CT molecular complexity index is 244. The van der Waals surface area contributed by atoms with Gasteiger partial charge in [0, 0.05) is 19.8 Å². The lowest BCUT2D eigenvalue weighted by Crippen LogP contribution is -2.13. The molecule has 0 aromatic carbocycles. The molecule has 1 aromatic heterocycles. The fourth-order valence-corrected chi connectivity index (χ4v) is 1.07. The summed E-state index contributed by atoms with van der Waals surface area (Å²) in [5.74, 6) is 0. The highest BCUT2D eigenvalue weighted by molar-refractivity contribution is 5.17. The minimum absolute atomic E-state index is 0.220.